The molecule has 10 rings (SSSR count). The van der Waals surface area contributed by atoms with Gasteiger partial charge in [-0.25, -0.2) is 4.85 Å². The zero-order chi connectivity index (χ0) is 69.7. The fourth-order valence-electron chi connectivity index (χ4n) is 9.23. The Labute approximate surface area is 586 Å². The minimum Gasteiger partial charge on any atom is -0.399 e. The molecule has 0 aromatic heterocycles. The van der Waals surface area contributed by atoms with Gasteiger partial charge in [-0.3, -0.25) is 0 Å². The Hall–Kier alpha value is -9.64. The van der Waals surface area contributed by atoms with Crippen LogP contribution in [0.1, 0.15) is 229 Å². The molecule has 0 fully saturated rings. The van der Waals surface area contributed by atoms with Gasteiger partial charge in [0, 0.05) is 22.1 Å². The van der Waals surface area contributed by atoms with Gasteiger partial charge in [0.2, 0.25) is 0 Å². The highest BCUT2D eigenvalue weighted by Gasteiger charge is 2.06. The molecule has 0 aliphatic heterocycles. The highest BCUT2D eigenvalue weighted by atomic mass is 35.5. The average Bonchev–Trinajstić information content (AvgIpc) is 0.998. The van der Waals surface area contributed by atoms with Crippen molar-refractivity contribution in [1.82, 2.24) is 0 Å². The fourth-order valence-corrected chi connectivity index (χ4v) is 9.36. The first-order valence-electron chi connectivity index (χ1n) is 32.8. The highest BCUT2D eigenvalue weighted by Crippen LogP contribution is 2.28. The van der Waals surface area contributed by atoms with E-state index in [2.05, 4.69) is 231 Å². The number of rotatable bonds is 10. The van der Waals surface area contributed by atoms with Crippen LogP contribution in [0.15, 0.2) is 249 Å². The number of nitrogens with two attached hydrogens (primary N) is 3. The van der Waals surface area contributed by atoms with Crippen LogP contribution < -0.4 is 17.2 Å². The molecular formula is C89H111ClN6. The molecule has 10 aromatic carbocycles. The van der Waals surface area contributed by atoms with Crippen molar-refractivity contribution < 1.29 is 0 Å². The molecular weight excluding hydrogens is 1190 g/mol. The number of nitrogen functional groups attached to an aromatic ring is 3. The molecule has 96 heavy (non-hydrogen) atoms. The van der Waals surface area contributed by atoms with Gasteiger partial charge in [0.05, 0.1) is 29.8 Å². The number of hydrogen-bond donors (Lipinski definition) is 3. The van der Waals surface area contributed by atoms with E-state index >= 15 is 0 Å². The zero-order valence-corrected chi connectivity index (χ0v) is 59.5. The molecule has 10 aromatic rings. The second-order valence-corrected chi connectivity index (χ2v) is 25.9. The van der Waals surface area contributed by atoms with Gasteiger partial charge in [0.25, 0.3) is 0 Å². The summed E-state index contributed by atoms with van der Waals surface area (Å²) >= 11 is 5.87. The van der Waals surface area contributed by atoms with E-state index in [4.69, 9.17) is 45.9 Å². The van der Waals surface area contributed by atoms with Crippen molar-refractivity contribution >= 4 is 34.4 Å². The number of halogens is 1. The average molecular weight is 1300 g/mol. The largest absolute Gasteiger partial charge is 0.399 e. The Bertz CT molecular complexity index is 3860. The molecule has 0 amide bonds. The summed E-state index contributed by atoms with van der Waals surface area (Å²) in [7, 11) is 0. The summed E-state index contributed by atoms with van der Waals surface area (Å²) in [6, 6.07) is 87.4. The SMILES string of the molecule is C.C.CC(C)c1ccc(-c2ccc(Cl)cc2)cc1.CC(C)c1ccc(C#N)cc1.CC(C)c1ccc(N)cc1.CC(C)c1cccc(-c2ccccc2)c1.CC(C)c1cccc(C#N)c1.CC(C)c1cccc(N)c1.CC(C)c1ccccc1N.[C-]#[N+]c1ccccc1C(C)C. The molecule has 0 atom stereocenters. The van der Waals surface area contributed by atoms with Gasteiger partial charge in [0.1, 0.15) is 0 Å². The highest BCUT2D eigenvalue weighted by molar-refractivity contribution is 6.30. The maximum atomic E-state index is 8.59. The number of nitriles is 2. The third kappa shape index (κ3) is 31.5. The topological polar surface area (TPSA) is 130 Å². The number of para-hydroxylation sites is 2. The normalized spacial score (nSPS) is 9.98. The van der Waals surface area contributed by atoms with Crippen molar-refractivity contribution in [2.75, 3.05) is 17.2 Å². The van der Waals surface area contributed by atoms with Crippen LogP contribution in [0.2, 0.25) is 5.02 Å². The van der Waals surface area contributed by atoms with E-state index in [-0.39, 0.29) is 14.9 Å². The van der Waals surface area contributed by atoms with Crippen molar-refractivity contribution in [2.24, 2.45) is 0 Å². The van der Waals surface area contributed by atoms with E-state index in [0.29, 0.717) is 47.3 Å². The molecule has 0 bridgehead atoms. The predicted octanol–water partition coefficient (Wildman–Crippen LogP) is 26.8. The predicted molar refractivity (Wildman–Crippen MR) is 423 cm³/mol. The van der Waals surface area contributed by atoms with E-state index in [1.165, 1.54) is 61.2 Å². The third-order valence-corrected chi connectivity index (χ3v) is 15.5. The number of nitrogens with zero attached hydrogens (tertiary/aromatic N) is 3. The summed E-state index contributed by atoms with van der Waals surface area (Å²) in [5, 5.41) is 17.9. The summed E-state index contributed by atoms with van der Waals surface area (Å²) in [6.45, 7) is 41.4. The number of hydrogen-bond acceptors (Lipinski definition) is 5. The van der Waals surface area contributed by atoms with Crippen molar-refractivity contribution in [1.29, 1.82) is 10.5 Å². The fraction of sp³-hybridized carbons (Fsp3) is 0.292. The van der Waals surface area contributed by atoms with E-state index < -0.39 is 0 Å². The quantitative estimate of drug-likeness (QED) is 0.0927. The molecule has 7 heteroatoms. The third-order valence-electron chi connectivity index (χ3n) is 15.3. The van der Waals surface area contributed by atoms with Crippen LogP contribution in [0.4, 0.5) is 22.7 Å². The number of benzene rings is 10. The van der Waals surface area contributed by atoms with Crippen molar-refractivity contribution in [2.45, 2.75) is 173 Å². The van der Waals surface area contributed by atoms with Gasteiger partial charge in [-0.1, -0.05) is 319 Å². The summed E-state index contributed by atoms with van der Waals surface area (Å²) in [6.07, 6.45) is 0. The van der Waals surface area contributed by atoms with Gasteiger partial charge >= 0.3 is 0 Å². The van der Waals surface area contributed by atoms with Crippen LogP contribution in [0.25, 0.3) is 27.1 Å². The minimum atomic E-state index is 0. The monoisotopic (exact) mass is 1300 g/mol. The van der Waals surface area contributed by atoms with Gasteiger partial charge in [-0.05, 0) is 181 Å². The molecule has 0 saturated heterocycles. The minimum absolute atomic E-state index is 0. The lowest BCUT2D eigenvalue weighted by molar-refractivity contribution is 0.866. The molecule has 6 nitrogen and oxygen atoms in total. The molecule has 0 heterocycles. The van der Waals surface area contributed by atoms with Gasteiger partial charge in [-0.2, -0.15) is 10.5 Å². The first-order valence-corrected chi connectivity index (χ1v) is 33.2. The van der Waals surface area contributed by atoms with Crippen LogP contribution in [0, 0.1) is 29.2 Å². The summed E-state index contributed by atoms with van der Waals surface area (Å²) in [4.78, 5) is 3.44. The number of anilines is 3. The van der Waals surface area contributed by atoms with Crippen LogP contribution >= 0.6 is 11.6 Å². The van der Waals surface area contributed by atoms with Crippen LogP contribution in [0.5, 0.6) is 0 Å². The zero-order valence-electron chi connectivity index (χ0n) is 58.7. The first-order chi connectivity index (χ1) is 44.8. The van der Waals surface area contributed by atoms with E-state index in [0.717, 1.165) is 44.5 Å². The maximum Gasteiger partial charge on any atom is 0.190 e. The standard InChI is InChI=1S/C15H15Cl.C15H16.3C10H11N.3C9H13N.2CH4/c1-11(2)12-3-5-13(6-4-12)14-7-9-15(16)10-8-14;1-12(2)14-9-6-10-15(11-14)13-7-4-3-5-8-13;1-8(2)9-6-4-5-7-10(9)11-3;1-8(2)10-5-3-9(7-11)4-6-10;1-8(2)10-5-3-4-9(6-10)7-11;1-7(2)8-3-5-9(10)6-4-8;1-7(2)8-4-3-5-9(10)6-8;1-7(2)8-5-3-4-6-9(8)10;;/h3-11H,1-2H3;3-12H,1-2H3;4-8H,1-2H3;2*3-6,8H,1-2H3;3*3-7H,10H2,1-2H3;2*1H4. The molecule has 0 radical (unpaired) electrons. The smallest absolute Gasteiger partial charge is 0.190 e. The van der Waals surface area contributed by atoms with Crippen molar-refractivity contribution in [3.8, 4) is 34.4 Å². The molecule has 0 saturated carbocycles. The summed E-state index contributed by atoms with van der Waals surface area (Å²) < 4.78 is 0. The Morgan fingerprint density at radius 3 is 1.08 bits per heavy atom. The van der Waals surface area contributed by atoms with Crippen LogP contribution in [0.3, 0.4) is 0 Å². The van der Waals surface area contributed by atoms with Crippen molar-refractivity contribution in [3.63, 3.8) is 0 Å². The molecule has 0 aliphatic rings. The molecule has 6 N–H and O–H groups in total. The van der Waals surface area contributed by atoms with Gasteiger partial charge in [0.15, 0.2) is 5.69 Å². The maximum absolute atomic E-state index is 8.59. The second-order valence-electron chi connectivity index (χ2n) is 25.5. The molecule has 504 valence electrons. The van der Waals surface area contributed by atoms with Crippen LogP contribution in [-0.4, -0.2) is 0 Å². The Balaban J connectivity index is 0.000000551. The van der Waals surface area contributed by atoms with Gasteiger partial charge in [-0.15, -0.1) is 0 Å². The summed E-state index contributed by atoms with van der Waals surface area (Å²) in [5.41, 5.74) is 37.0. The Morgan fingerprint density at radius 1 is 0.312 bits per heavy atom. The molecule has 0 unspecified atom stereocenters. The molecule has 0 aliphatic carbocycles. The van der Waals surface area contributed by atoms with E-state index in [1.807, 2.05) is 146 Å². The Morgan fingerprint density at radius 2 is 0.677 bits per heavy atom. The lowest BCUT2D eigenvalue weighted by atomic mass is 9.98. The van der Waals surface area contributed by atoms with Crippen molar-refractivity contribution in [3.05, 3.63) is 321 Å². The second kappa shape index (κ2) is 45.6. The van der Waals surface area contributed by atoms with Gasteiger partial charge < -0.3 is 17.2 Å². The first kappa shape index (κ1) is 84.4. The lowest BCUT2D eigenvalue weighted by Crippen LogP contribution is -1.94. The Kier molecular flexibility index (Phi) is 40.1. The van der Waals surface area contributed by atoms with E-state index in [1.54, 1.807) is 0 Å². The molecule has 0 spiro atoms. The van der Waals surface area contributed by atoms with E-state index in [9.17, 15) is 0 Å². The lowest BCUT2D eigenvalue weighted by Gasteiger charge is -2.08. The summed E-state index contributed by atoms with van der Waals surface area (Å²) in [5.74, 6) is 4.37. The van der Waals surface area contributed by atoms with Crippen LogP contribution in [-0.2, 0) is 0 Å².